The highest BCUT2D eigenvalue weighted by atomic mass is 35.5. The number of aromatic nitrogens is 5. The van der Waals surface area contributed by atoms with Gasteiger partial charge in [-0.05, 0) is 31.4 Å². The van der Waals surface area contributed by atoms with E-state index in [2.05, 4.69) is 32.7 Å². The van der Waals surface area contributed by atoms with Crippen LogP contribution in [0.1, 0.15) is 35.5 Å². The second kappa shape index (κ2) is 6.22. The van der Waals surface area contributed by atoms with Crippen molar-refractivity contribution in [2.24, 2.45) is 0 Å². The molecule has 0 aromatic carbocycles. The largest absolute Gasteiger partial charge is 0.308 e. The Hall–Kier alpha value is -2.86. The number of nitrogens with one attached hydrogen (secondary N) is 1. The molecule has 0 saturated carbocycles. The Bertz CT molecular complexity index is 1030. The van der Waals surface area contributed by atoms with Gasteiger partial charge >= 0.3 is 0 Å². The van der Waals surface area contributed by atoms with Gasteiger partial charge in [0.15, 0.2) is 10.8 Å². The van der Waals surface area contributed by atoms with Gasteiger partial charge in [-0.1, -0.05) is 24.3 Å². The van der Waals surface area contributed by atoms with E-state index in [1.807, 2.05) is 12.1 Å². The van der Waals surface area contributed by atoms with Crippen LogP contribution in [0.15, 0.2) is 37.3 Å². The lowest BCUT2D eigenvalue weighted by Gasteiger charge is -2.14. The average Bonchev–Trinajstić information content (AvgIpc) is 2.88. The first kappa shape index (κ1) is 15.7. The molecule has 0 unspecified atom stereocenters. The molecule has 0 bridgehead atoms. The van der Waals surface area contributed by atoms with Crippen molar-refractivity contribution in [1.82, 2.24) is 24.6 Å². The van der Waals surface area contributed by atoms with Crippen molar-refractivity contribution in [3.05, 3.63) is 65.1 Å². The van der Waals surface area contributed by atoms with E-state index < -0.39 is 0 Å². The Morgan fingerprint density at radius 2 is 2.16 bits per heavy atom. The number of nitrogens with zero attached hydrogens (tertiary/aromatic N) is 5. The summed E-state index contributed by atoms with van der Waals surface area (Å²) in [7, 11) is 0. The molecule has 3 aromatic heterocycles. The SMILES string of the molecule is C=C(C=N)c1ncnc2c1C(c1ccc3ncc(Cl)n3n1)=CCCC2. The van der Waals surface area contributed by atoms with Gasteiger partial charge in [0, 0.05) is 22.9 Å². The minimum atomic E-state index is 0.458. The highest BCUT2D eigenvalue weighted by Gasteiger charge is 2.21. The van der Waals surface area contributed by atoms with Crippen molar-refractivity contribution in [3.8, 4) is 0 Å². The van der Waals surface area contributed by atoms with E-state index in [9.17, 15) is 0 Å². The summed E-state index contributed by atoms with van der Waals surface area (Å²) in [5, 5.41) is 12.6. The summed E-state index contributed by atoms with van der Waals surface area (Å²) in [5.74, 6) is 0. The number of hydrogen-bond donors (Lipinski definition) is 1. The molecular weight excluding hydrogens is 336 g/mol. The topological polar surface area (TPSA) is 79.8 Å². The number of aryl methyl sites for hydroxylation is 1. The molecule has 0 amide bonds. The van der Waals surface area contributed by atoms with Gasteiger partial charge in [-0.2, -0.15) is 5.10 Å². The predicted octanol–water partition coefficient (Wildman–Crippen LogP) is 3.60. The summed E-state index contributed by atoms with van der Waals surface area (Å²) in [6.45, 7) is 3.95. The normalized spacial score (nSPS) is 13.9. The minimum Gasteiger partial charge on any atom is -0.308 e. The van der Waals surface area contributed by atoms with Crippen LogP contribution in [0.4, 0.5) is 0 Å². The Morgan fingerprint density at radius 3 is 3.00 bits per heavy atom. The van der Waals surface area contributed by atoms with Crippen LogP contribution in [0.5, 0.6) is 0 Å². The highest BCUT2D eigenvalue weighted by molar-refractivity contribution is 6.29. The van der Waals surface area contributed by atoms with E-state index in [1.54, 1.807) is 10.7 Å². The molecule has 124 valence electrons. The van der Waals surface area contributed by atoms with E-state index in [4.69, 9.17) is 17.0 Å². The molecule has 0 saturated heterocycles. The molecule has 0 aliphatic heterocycles. The maximum Gasteiger partial charge on any atom is 0.155 e. The molecule has 0 fully saturated rings. The van der Waals surface area contributed by atoms with Crippen molar-refractivity contribution < 1.29 is 0 Å². The number of rotatable bonds is 3. The van der Waals surface area contributed by atoms with Crippen LogP contribution in [0.3, 0.4) is 0 Å². The number of halogens is 1. The Morgan fingerprint density at radius 1 is 1.28 bits per heavy atom. The fraction of sp³-hybridized carbons (Fsp3) is 0.167. The van der Waals surface area contributed by atoms with Gasteiger partial charge in [0.25, 0.3) is 0 Å². The van der Waals surface area contributed by atoms with Gasteiger partial charge in [-0.25, -0.2) is 19.5 Å². The van der Waals surface area contributed by atoms with E-state index >= 15 is 0 Å². The van der Waals surface area contributed by atoms with Crippen LogP contribution in [-0.4, -0.2) is 30.8 Å². The van der Waals surface area contributed by atoms with Crippen molar-refractivity contribution in [3.63, 3.8) is 0 Å². The average molecular weight is 351 g/mol. The first-order valence-electron chi connectivity index (χ1n) is 7.94. The monoisotopic (exact) mass is 350 g/mol. The van der Waals surface area contributed by atoms with Crippen LogP contribution in [0, 0.1) is 5.41 Å². The van der Waals surface area contributed by atoms with E-state index in [0.717, 1.165) is 41.8 Å². The zero-order valence-corrected chi connectivity index (χ0v) is 14.2. The second-order valence-electron chi connectivity index (χ2n) is 5.79. The molecule has 0 radical (unpaired) electrons. The quantitative estimate of drug-likeness (QED) is 0.732. The third kappa shape index (κ3) is 2.64. The highest BCUT2D eigenvalue weighted by Crippen LogP contribution is 2.33. The van der Waals surface area contributed by atoms with Crippen molar-refractivity contribution >= 4 is 34.6 Å². The van der Waals surface area contributed by atoms with Crippen molar-refractivity contribution in [1.29, 1.82) is 5.41 Å². The molecule has 0 atom stereocenters. The first-order chi connectivity index (χ1) is 12.2. The molecule has 1 N–H and O–H groups in total. The third-order valence-electron chi connectivity index (χ3n) is 4.24. The number of imidazole rings is 1. The van der Waals surface area contributed by atoms with Crippen LogP contribution in [0.25, 0.3) is 16.8 Å². The lowest BCUT2D eigenvalue weighted by atomic mass is 9.96. The summed E-state index contributed by atoms with van der Waals surface area (Å²) in [4.78, 5) is 13.0. The van der Waals surface area contributed by atoms with E-state index in [1.165, 1.54) is 12.5 Å². The summed E-state index contributed by atoms with van der Waals surface area (Å²) in [5.41, 5.74) is 5.48. The number of fused-ring (bicyclic) bond motifs is 2. The lowest BCUT2D eigenvalue weighted by molar-refractivity contribution is 0.820. The number of hydrogen-bond acceptors (Lipinski definition) is 5. The van der Waals surface area contributed by atoms with Crippen LogP contribution >= 0.6 is 11.6 Å². The third-order valence-corrected chi connectivity index (χ3v) is 4.49. The molecule has 25 heavy (non-hydrogen) atoms. The van der Waals surface area contributed by atoms with Gasteiger partial charge in [0.05, 0.1) is 23.3 Å². The molecule has 6 nitrogen and oxygen atoms in total. The molecule has 7 heteroatoms. The standard InChI is InChI=1S/C18H15ClN6/c1-11(8-20)18-17-12(4-2-3-5-14(17)22-10-23-18)13-6-7-16-21-9-15(19)25(16)24-13/h4,6-10,20H,1-3,5H2. The fourth-order valence-electron chi connectivity index (χ4n) is 3.05. The van der Waals surface area contributed by atoms with Gasteiger partial charge in [-0.15, -0.1) is 0 Å². The minimum absolute atomic E-state index is 0.458. The number of allylic oxidation sites excluding steroid dienone is 2. The van der Waals surface area contributed by atoms with Crippen molar-refractivity contribution in [2.45, 2.75) is 19.3 Å². The Labute approximate surface area is 149 Å². The zero-order valence-electron chi connectivity index (χ0n) is 13.4. The second-order valence-corrected chi connectivity index (χ2v) is 6.18. The maximum absolute atomic E-state index is 7.55. The van der Waals surface area contributed by atoms with Gasteiger partial charge in [-0.3, -0.25) is 0 Å². The van der Waals surface area contributed by atoms with Gasteiger partial charge in [0.2, 0.25) is 0 Å². The summed E-state index contributed by atoms with van der Waals surface area (Å²) >= 11 is 6.17. The van der Waals surface area contributed by atoms with Crippen LogP contribution < -0.4 is 0 Å². The maximum atomic E-state index is 7.55. The van der Waals surface area contributed by atoms with E-state index in [-0.39, 0.29) is 0 Å². The zero-order chi connectivity index (χ0) is 17.4. The van der Waals surface area contributed by atoms with E-state index in [0.29, 0.717) is 22.1 Å². The summed E-state index contributed by atoms with van der Waals surface area (Å²) in [6.07, 6.45) is 9.24. The van der Waals surface area contributed by atoms with Gasteiger partial charge in [0.1, 0.15) is 6.33 Å². The molecule has 4 rings (SSSR count). The predicted molar refractivity (Wildman–Crippen MR) is 97.9 cm³/mol. The van der Waals surface area contributed by atoms with Crippen LogP contribution in [0.2, 0.25) is 5.15 Å². The molecule has 3 heterocycles. The molecule has 3 aromatic rings. The van der Waals surface area contributed by atoms with Crippen molar-refractivity contribution in [2.75, 3.05) is 0 Å². The molecule has 1 aliphatic rings. The lowest BCUT2D eigenvalue weighted by Crippen LogP contribution is -2.07. The molecule has 1 aliphatic carbocycles. The summed E-state index contributed by atoms with van der Waals surface area (Å²) < 4.78 is 1.61. The first-order valence-corrected chi connectivity index (χ1v) is 8.31. The summed E-state index contributed by atoms with van der Waals surface area (Å²) in [6, 6.07) is 3.80. The molecular formula is C18H15ClN6. The van der Waals surface area contributed by atoms with Gasteiger partial charge < -0.3 is 5.41 Å². The fourth-order valence-corrected chi connectivity index (χ4v) is 3.22. The molecule has 0 spiro atoms. The Kier molecular flexibility index (Phi) is 3.89. The smallest absolute Gasteiger partial charge is 0.155 e. The van der Waals surface area contributed by atoms with Crippen LogP contribution in [-0.2, 0) is 6.42 Å². The Balaban J connectivity index is 1.96.